The maximum atomic E-state index is 9.86. The molecule has 9 heteroatoms. The molecule has 0 aliphatic carbocycles. The van der Waals surface area contributed by atoms with Gasteiger partial charge >= 0.3 is 0 Å². The molecule has 1 saturated heterocycles. The molecule has 0 unspecified atom stereocenters. The zero-order valence-electron chi connectivity index (χ0n) is 15.4. The van der Waals surface area contributed by atoms with Gasteiger partial charge in [-0.3, -0.25) is 0 Å². The number of anilines is 2. The van der Waals surface area contributed by atoms with Crippen molar-refractivity contribution in [3.63, 3.8) is 0 Å². The van der Waals surface area contributed by atoms with E-state index in [9.17, 15) is 5.26 Å². The summed E-state index contributed by atoms with van der Waals surface area (Å²) < 4.78 is 10.7. The third-order valence-electron chi connectivity index (χ3n) is 4.33. The number of hydrazone groups is 1. The maximum Gasteiger partial charge on any atom is 0.246 e. The van der Waals surface area contributed by atoms with Gasteiger partial charge in [0.2, 0.25) is 5.95 Å². The predicted octanol–water partition coefficient (Wildman–Crippen LogP) is 3.54. The number of morpholine rings is 1. The summed E-state index contributed by atoms with van der Waals surface area (Å²) in [5.74, 6) is 1.42. The Labute approximate surface area is 172 Å². The molecule has 29 heavy (non-hydrogen) atoms. The van der Waals surface area contributed by atoms with E-state index in [1.807, 2.05) is 17.0 Å². The summed E-state index contributed by atoms with van der Waals surface area (Å²) in [5, 5.41) is 14.6. The van der Waals surface area contributed by atoms with Crippen LogP contribution < -0.4 is 10.3 Å². The van der Waals surface area contributed by atoms with Gasteiger partial charge in [-0.05, 0) is 24.3 Å². The van der Waals surface area contributed by atoms with Crippen molar-refractivity contribution in [2.45, 2.75) is 0 Å². The average molecular weight is 409 g/mol. The molecular formula is C20H17ClN6O2. The Balaban J connectivity index is 1.75. The van der Waals surface area contributed by atoms with Crippen molar-refractivity contribution in [2.75, 3.05) is 36.6 Å². The van der Waals surface area contributed by atoms with Crippen molar-refractivity contribution in [1.82, 2.24) is 9.97 Å². The van der Waals surface area contributed by atoms with Crippen LogP contribution in [-0.2, 0) is 4.74 Å². The van der Waals surface area contributed by atoms with Crippen LogP contribution in [0.1, 0.15) is 11.3 Å². The third-order valence-corrected chi connectivity index (χ3v) is 4.58. The predicted molar refractivity (Wildman–Crippen MR) is 110 cm³/mol. The first-order valence-electron chi connectivity index (χ1n) is 8.98. The fourth-order valence-corrected chi connectivity index (χ4v) is 3.07. The molecule has 146 valence electrons. The van der Waals surface area contributed by atoms with Gasteiger partial charge in [-0.2, -0.15) is 15.3 Å². The smallest absolute Gasteiger partial charge is 0.246 e. The van der Waals surface area contributed by atoms with Crippen LogP contribution in [0.25, 0.3) is 11.3 Å². The highest BCUT2D eigenvalue weighted by Crippen LogP contribution is 2.30. The minimum Gasteiger partial charge on any atom is -0.463 e. The first kappa shape index (κ1) is 18.9. The molecule has 0 atom stereocenters. The molecule has 0 bridgehead atoms. The van der Waals surface area contributed by atoms with Crippen LogP contribution in [0.15, 0.2) is 52.2 Å². The Morgan fingerprint density at radius 1 is 1.17 bits per heavy atom. The Kier molecular flexibility index (Phi) is 5.70. The summed E-state index contributed by atoms with van der Waals surface area (Å²) in [4.78, 5) is 11.1. The van der Waals surface area contributed by atoms with Crippen molar-refractivity contribution in [3.05, 3.63) is 59.0 Å². The fourth-order valence-electron chi connectivity index (χ4n) is 2.94. The van der Waals surface area contributed by atoms with E-state index in [1.54, 1.807) is 30.5 Å². The molecule has 1 aliphatic rings. The lowest BCUT2D eigenvalue weighted by Gasteiger charge is -2.29. The largest absolute Gasteiger partial charge is 0.463 e. The molecule has 4 rings (SSSR count). The number of rotatable bonds is 5. The van der Waals surface area contributed by atoms with E-state index in [0.717, 1.165) is 5.56 Å². The summed E-state index contributed by atoms with van der Waals surface area (Å²) in [6, 6.07) is 13.0. The van der Waals surface area contributed by atoms with Crippen molar-refractivity contribution < 1.29 is 9.15 Å². The van der Waals surface area contributed by atoms with Crippen LogP contribution in [0.4, 0.5) is 11.8 Å². The molecule has 8 nitrogen and oxygen atoms in total. The molecule has 1 aromatic carbocycles. The van der Waals surface area contributed by atoms with Crippen molar-refractivity contribution >= 4 is 29.6 Å². The van der Waals surface area contributed by atoms with Crippen LogP contribution in [0.2, 0.25) is 5.02 Å². The number of nitrogens with one attached hydrogen (secondary N) is 1. The number of benzene rings is 1. The average Bonchev–Trinajstić information content (AvgIpc) is 3.28. The number of aromatic nitrogens is 2. The summed E-state index contributed by atoms with van der Waals surface area (Å²) in [6.45, 7) is 2.43. The van der Waals surface area contributed by atoms with Gasteiger partial charge in [0.1, 0.15) is 17.4 Å². The monoisotopic (exact) mass is 408 g/mol. The molecule has 0 saturated carbocycles. The van der Waals surface area contributed by atoms with Crippen LogP contribution in [0.3, 0.4) is 0 Å². The van der Waals surface area contributed by atoms with E-state index in [1.165, 1.54) is 6.21 Å². The molecule has 0 amide bonds. The lowest BCUT2D eigenvalue weighted by molar-refractivity contribution is 0.122. The van der Waals surface area contributed by atoms with E-state index in [2.05, 4.69) is 26.6 Å². The highest BCUT2D eigenvalue weighted by Gasteiger charge is 2.22. The van der Waals surface area contributed by atoms with Gasteiger partial charge < -0.3 is 14.1 Å². The minimum atomic E-state index is 0.276. The van der Waals surface area contributed by atoms with Gasteiger partial charge in [-0.15, -0.1) is 0 Å². The highest BCUT2D eigenvalue weighted by molar-refractivity contribution is 6.30. The topological polar surface area (TPSA) is 99.6 Å². The van der Waals surface area contributed by atoms with Crippen LogP contribution in [0, 0.1) is 11.3 Å². The molecule has 0 spiro atoms. The van der Waals surface area contributed by atoms with Gasteiger partial charge in [-0.25, -0.2) is 10.4 Å². The molecule has 1 aliphatic heterocycles. The van der Waals surface area contributed by atoms with Crippen molar-refractivity contribution in [1.29, 1.82) is 5.26 Å². The second-order valence-electron chi connectivity index (χ2n) is 6.20. The van der Waals surface area contributed by atoms with Crippen molar-refractivity contribution in [3.8, 4) is 17.3 Å². The quantitative estimate of drug-likeness (QED) is 0.509. The van der Waals surface area contributed by atoms with E-state index in [-0.39, 0.29) is 5.95 Å². The molecule has 0 radical (unpaired) electrons. The van der Waals surface area contributed by atoms with Gasteiger partial charge in [0.05, 0.1) is 31.4 Å². The van der Waals surface area contributed by atoms with E-state index in [0.29, 0.717) is 54.2 Å². The SMILES string of the molecule is N#Cc1c(-c2ccc(Cl)cc2)nc(N/N=C/c2ccco2)nc1N1CCOCC1. The second-order valence-corrected chi connectivity index (χ2v) is 6.63. The van der Waals surface area contributed by atoms with Gasteiger partial charge in [-0.1, -0.05) is 23.7 Å². The summed E-state index contributed by atoms with van der Waals surface area (Å²) in [7, 11) is 0. The highest BCUT2D eigenvalue weighted by atomic mass is 35.5. The first-order chi connectivity index (χ1) is 14.2. The van der Waals surface area contributed by atoms with E-state index >= 15 is 0 Å². The molecule has 3 heterocycles. The minimum absolute atomic E-state index is 0.276. The number of nitrogens with zero attached hydrogens (tertiary/aromatic N) is 5. The van der Waals surface area contributed by atoms with Gasteiger partial charge in [0, 0.05) is 23.7 Å². The number of hydrogen-bond acceptors (Lipinski definition) is 8. The first-order valence-corrected chi connectivity index (χ1v) is 9.36. The molecule has 1 N–H and O–H groups in total. The molecular weight excluding hydrogens is 392 g/mol. The number of nitriles is 1. The third kappa shape index (κ3) is 4.37. The zero-order chi connectivity index (χ0) is 20.1. The number of ether oxygens (including phenoxy) is 1. The Morgan fingerprint density at radius 2 is 1.97 bits per heavy atom. The van der Waals surface area contributed by atoms with Crippen LogP contribution in [0.5, 0.6) is 0 Å². The van der Waals surface area contributed by atoms with Crippen LogP contribution in [-0.4, -0.2) is 42.5 Å². The Bertz CT molecular complexity index is 1040. The lowest BCUT2D eigenvalue weighted by atomic mass is 10.1. The zero-order valence-corrected chi connectivity index (χ0v) is 16.1. The number of halogens is 1. The Hall–Kier alpha value is -3.41. The fraction of sp³-hybridized carbons (Fsp3) is 0.200. The van der Waals surface area contributed by atoms with E-state index in [4.69, 9.17) is 20.8 Å². The number of hydrogen-bond donors (Lipinski definition) is 1. The second kappa shape index (κ2) is 8.73. The maximum absolute atomic E-state index is 9.86. The number of furan rings is 1. The van der Waals surface area contributed by atoms with Crippen molar-refractivity contribution in [2.24, 2.45) is 5.10 Å². The Morgan fingerprint density at radius 3 is 2.66 bits per heavy atom. The van der Waals surface area contributed by atoms with Gasteiger partial charge in [0.25, 0.3) is 0 Å². The normalized spacial score (nSPS) is 14.1. The standard InChI is InChI=1S/C20H17ClN6O2/c21-15-5-3-14(4-6-15)18-17(12-22)19(27-7-10-28-11-8-27)25-20(24-18)26-23-13-16-2-1-9-29-16/h1-6,9,13H,7-8,10-11H2,(H,24,25,26)/b23-13+. The van der Waals surface area contributed by atoms with Gasteiger partial charge in [0.15, 0.2) is 5.82 Å². The van der Waals surface area contributed by atoms with Crippen LogP contribution >= 0.6 is 11.6 Å². The molecule has 3 aromatic rings. The summed E-state index contributed by atoms with van der Waals surface area (Å²) in [6.07, 6.45) is 3.09. The molecule has 1 fully saturated rings. The lowest BCUT2D eigenvalue weighted by Crippen LogP contribution is -2.37. The van der Waals surface area contributed by atoms with E-state index < -0.39 is 0 Å². The molecule has 2 aromatic heterocycles. The summed E-state index contributed by atoms with van der Waals surface area (Å²) >= 11 is 6.01. The summed E-state index contributed by atoms with van der Waals surface area (Å²) in [5.41, 5.74) is 4.50.